The Bertz CT molecular complexity index is 611. The summed E-state index contributed by atoms with van der Waals surface area (Å²) in [6, 6.07) is 1.29. The maximum absolute atomic E-state index is 12.1. The summed E-state index contributed by atoms with van der Waals surface area (Å²) in [5, 5.41) is 15.6. The minimum atomic E-state index is -1.26. The van der Waals surface area contributed by atoms with Crippen LogP contribution < -0.4 is 0 Å². The lowest BCUT2D eigenvalue weighted by molar-refractivity contribution is -0.141. The van der Waals surface area contributed by atoms with Crippen LogP contribution in [0.25, 0.3) is 0 Å². The van der Waals surface area contributed by atoms with Crippen LogP contribution in [0.5, 0.6) is 0 Å². The Morgan fingerprint density at radius 2 is 1.73 bits per heavy atom. The van der Waals surface area contributed by atoms with Gasteiger partial charge in [0.15, 0.2) is 0 Å². The van der Waals surface area contributed by atoms with Crippen LogP contribution in [-0.2, 0) is 14.4 Å². The van der Waals surface area contributed by atoms with Crippen molar-refractivity contribution in [2.75, 3.05) is 19.6 Å². The molecule has 26 heavy (non-hydrogen) atoms. The van der Waals surface area contributed by atoms with E-state index in [9.17, 15) is 14.4 Å². The topological polar surface area (TPSA) is 98.1 Å². The van der Waals surface area contributed by atoms with Crippen molar-refractivity contribution in [3.05, 3.63) is 24.3 Å². The molecule has 0 radical (unpaired) electrons. The molecule has 0 aromatic heterocycles. The highest BCUT2D eigenvalue weighted by atomic mass is 16.4. The average Bonchev–Trinajstić information content (AvgIpc) is 2.62. The van der Waals surface area contributed by atoms with Gasteiger partial charge in [-0.15, -0.1) is 0 Å². The predicted molar refractivity (Wildman–Crippen MR) is 94.5 cm³/mol. The molecule has 1 amide bonds. The number of carboxylic acids is 2. The number of carboxylic acid groups (broad SMARTS) is 2. The normalized spacial score (nSPS) is 33.1. The van der Waals surface area contributed by atoms with Gasteiger partial charge in [0.1, 0.15) is 0 Å². The summed E-state index contributed by atoms with van der Waals surface area (Å²) in [6.45, 7) is 3.62. The van der Waals surface area contributed by atoms with Crippen LogP contribution in [0.1, 0.15) is 32.1 Å². The lowest BCUT2D eigenvalue weighted by Crippen LogP contribution is -2.65. The van der Waals surface area contributed by atoms with Gasteiger partial charge in [0.05, 0.1) is 0 Å². The van der Waals surface area contributed by atoms with Crippen molar-refractivity contribution >= 4 is 17.8 Å². The summed E-state index contributed by atoms with van der Waals surface area (Å²) in [7, 11) is 0. The van der Waals surface area contributed by atoms with Crippen LogP contribution in [0.3, 0.4) is 0 Å². The monoisotopic (exact) mass is 362 g/mol. The van der Waals surface area contributed by atoms with Gasteiger partial charge >= 0.3 is 11.9 Å². The van der Waals surface area contributed by atoms with Crippen molar-refractivity contribution in [3.63, 3.8) is 0 Å². The predicted octanol–water partition coefficient (Wildman–Crippen LogP) is 1.36. The van der Waals surface area contributed by atoms with Crippen molar-refractivity contribution < 1.29 is 24.6 Å². The molecule has 1 unspecified atom stereocenters. The van der Waals surface area contributed by atoms with Crippen LogP contribution >= 0.6 is 0 Å². The summed E-state index contributed by atoms with van der Waals surface area (Å²) in [5.74, 6) is -0.755. The van der Waals surface area contributed by atoms with Gasteiger partial charge in [-0.05, 0) is 63.1 Å². The van der Waals surface area contributed by atoms with Crippen LogP contribution in [-0.4, -0.2) is 69.6 Å². The van der Waals surface area contributed by atoms with Crippen molar-refractivity contribution in [1.82, 2.24) is 9.80 Å². The SMILES string of the molecule is O=C(O)/C=C/C(=O)O.O=C1C=CC[C@@H]2[C@H]3CCCN4CCCC(CN12)[C@@H]34. The molecule has 4 atom stereocenters. The highest BCUT2D eigenvalue weighted by molar-refractivity contribution is 5.89. The summed E-state index contributed by atoms with van der Waals surface area (Å²) in [4.78, 5) is 36.1. The van der Waals surface area contributed by atoms with Crippen LogP contribution in [0.4, 0.5) is 0 Å². The highest BCUT2D eigenvalue weighted by Crippen LogP contribution is 2.43. The minimum Gasteiger partial charge on any atom is -0.478 e. The third-order valence-corrected chi connectivity index (χ3v) is 5.96. The Kier molecular flexibility index (Phi) is 5.76. The molecule has 0 aliphatic carbocycles. The van der Waals surface area contributed by atoms with Crippen molar-refractivity contribution in [1.29, 1.82) is 0 Å². The lowest BCUT2D eigenvalue weighted by Gasteiger charge is -2.57. The molecule has 3 saturated heterocycles. The van der Waals surface area contributed by atoms with E-state index < -0.39 is 11.9 Å². The highest BCUT2D eigenvalue weighted by Gasteiger charge is 2.49. The van der Waals surface area contributed by atoms with E-state index in [1.807, 2.05) is 0 Å². The first kappa shape index (κ1) is 18.6. The summed E-state index contributed by atoms with van der Waals surface area (Å²) >= 11 is 0. The van der Waals surface area contributed by atoms with Gasteiger partial charge in [-0.3, -0.25) is 9.69 Å². The van der Waals surface area contributed by atoms with Gasteiger partial charge in [-0.25, -0.2) is 9.59 Å². The molecule has 4 rings (SSSR count). The largest absolute Gasteiger partial charge is 0.478 e. The average molecular weight is 362 g/mol. The van der Waals surface area contributed by atoms with Crippen LogP contribution in [0.15, 0.2) is 24.3 Å². The third kappa shape index (κ3) is 3.98. The van der Waals surface area contributed by atoms with E-state index in [-0.39, 0.29) is 5.91 Å². The molecule has 4 aliphatic heterocycles. The van der Waals surface area contributed by atoms with Crippen LogP contribution in [0.2, 0.25) is 0 Å². The second kappa shape index (κ2) is 8.03. The standard InChI is InChI=1S/C15H22N2O.C4H4O4/c18-14-7-1-6-13-12-5-3-9-16-8-2-4-11(15(12)16)10-17(13)14;5-3(6)1-2-4(7)8/h1,7,11-13,15H,2-6,8-10H2;1-2H,(H,5,6)(H,7,8)/b;2-1+/t11?,12-,13-,15+;/m1./s1. The Morgan fingerprint density at radius 1 is 1.08 bits per heavy atom. The summed E-state index contributed by atoms with van der Waals surface area (Å²) in [5.41, 5.74) is 0. The van der Waals surface area contributed by atoms with E-state index in [1.165, 1.54) is 38.8 Å². The molecular formula is C19H26N2O5. The van der Waals surface area contributed by atoms with Gasteiger partial charge < -0.3 is 15.1 Å². The molecule has 142 valence electrons. The van der Waals surface area contributed by atoms with Gasteiger partial charge in [-0.1, -0.05) is 6.08 Å². The zero-order valence-corrected chi connectivity index (χ0v) is 14.8. The third-order valence-electron chi connectivity index (χ3n) is 5.96. The second-order valence-electron chi connectivity index (χ2n) is 7.44. The maximum Gasteiger partial charge on any atom is 0.328 e. The fourth-order valence-electron chi connectivity index (χ4n) is 5.10. The minimum absolute atomic E-state index is 0.271. The number of hydrogen-bond acceptors (Lipinski definition) is 4. The second-order valence-corrected chi connectivity index (χ2v) is 7.44. The zero-order chi connectivity index (χ0) is 18.7. The Hall–Kier alpha value is -2.15. The number of carbonyl (C=O) groups excluding carboxylic acids is 1. The molecule has 0 bridgehead atoms. The number of amides is 1. The maximum atomic E-state index is 12.1. The van der Waals surface area contributed by atoms with Gasteiger partial charge in [0, 0.05) is 30.8 Å². The number of carbonyl (C=O) groups is 3. The quantitative estimate of drug-likeness (QED) is 0.720. The van der Waals surface area contributed by atoms with Gasteiger partial charge in [0.25, 0.3) is 0 Å². The molecule has 4 aliphatic rings. The van der Waals surface area contributed by atoms with E-state index in [4.69, 9.17) is 10.2 Å². The lowest BCUT2D eigenvalue weighted by atomic mass is 9.68. The van der Waals surface area contributed by atoms with Gasteiger partial charge in [0.2, 0.25) is 5.91 Å². The first-order chi connectivity index (χ1) is 12.5. The molecule has 7 heteroatoms. The van der Waals surface area contributed by atoms with Crippen molar-refractivity contribution in [3.8, 4) is 0 Å². The summed E-state index contributed by atoms with van der Waals surface area (Å²) < 4.78 is 0. The molecule has 2 N–H and O–H groups in total. The summed E-state index contributed by atoms with van der Waals surface area (Å²) in [6.07, 6.45) is 11.4. The Labute approximate surface area is 153 Å². The molecule has 0 aromatic rings. The van der Waals surface area contributed by atoms with Crippen molar-refractivity contribution in [2.24, 2.45) is 11.8 Å². The molecule has 0 aromatic carbocycles. The number of fused-ring (bicyclic) bond motifs is 2. The first-order valence-electron chi connectivity index (χ1n) is 9.32. The molecule has 7 nitrogen and oxygen atoms in total. The molecular weight excluding hydrogens is 336 g/mol. The van der Waals surface area contributed by atoms with E-state index in [0.717, 1.165) is 30.8 Å². The van der Waals surface area contributed by atoms with Crippen LogP contribution in [0, 0.1) is 11.8 Å². The zero-order valence-electron chi connectivity index (χ0n) is 14.8. The van der Waals surface area contributed by atoms with E-state index in [2.05, 4.69) is 15.9 Å². The molecule has 4 heterocycles. The van der Waals surface area contributed by atoms with Gasteiger partial charge in [-0.2, -0.15) is 0 Å². The number of hydrogen-bond donors (Lipinski definition) is 2. The number of piperidine rings is 3. The number of aliphatic carboxylic acids is 2. The fourth-order valence-corrected chi connectivity index (χ4v) is 5.10. The molecule has 0 saturated carbocycles. The molecule has 3 fully saturated rings. The van der Waals surface area contributed by atoms with E-state index in [1.54, 1.807) is 6.08 Å². The number of rotatable bonds is 2. The first-order valence-corrected chi connectivity index (χ1v) is 9.32. The Balaban J connectivity index is 0.000000211. The molecule has 0 spiro atoms. The number of nitrogens with zero attached hydrogens (tertiary/aromatic N) is 2. The van der Waals surface area contributed by atoms with E-state index in [0.29, 0.717) is 18.2 Å². The van der Waals surface area contributed by atoms with Crippen molar-refractivity contribution in [2.45, 2.75) is 44.2 Å². The fraction of sp³-hybridized carbons (Fsp3) is 0.632. The smallest absolute Gasteiger partial charge is 0.328 e. The van der Waals surface area contributed by atoms with E-state index >= 15 is 0 Å². The Morgan fingerprint density at radius 3 is 2.38 bits per heavy atom.